The maximum absolute atomic E-state index is 15.3. The number of aliphatic hydroxyl groups excluding tert-OH is 1. The fourth-order valence-corrected chi connectivity index (χ4v) is 4.56. The zero-order chi connectivity index (χ0) is 26.3. The third kappa shape index (κ3) is 4.33. The van der Waals surface area contributed by atoms with E-state index >= 15 is 4.39 Å². The van der Waals surface area contributed by atoms with Crippen LogP contribution in [0.25, 0.3) is 16.8 Å². The average molecular weight is 511 g/mol. The summed E-state index contributed by atoms with van der Waals surface area (Å²) in [5.41, 5.74) is 0.292. The van der Waals surface area contributed by atoms with Gasteiger partial charge in [0.2, 0.25) is 0 Å². The summed E-state index contributed by atoms with van der Waals surface area (Å²) in [6, 6.07) is 17.3. The van der Waals surface area contributed by atoms with Crippen LogP contribution in [-0.4, -0.2) is 34.4 Å². The zero-order valence-electron chi connectivity index (χ0n) is 19.6. The monoisotopic (exact) mass is 511 g/mol. The number of aromatic nitrogens is 2. The van der Waals surface area contributed by atoms with E-state index in [1.54, 1.807) is 42.5 Å². The number of carbonyl (C=O) groups excluding carboxylic acids is 1. The Kier molecular flexibility index (Phi) is 6.20. The van der Waals surface area contributed by atoms with E-state index in [0.717, 1.165) is 9.58 Å². The van der Waals surface area contributed by atoms with Gasteiger partial charge in [0.25, 0.3) is 5.91 Å². The highest BCUT2D eigenvalue weighted by Gasteiger charge is 2.43. The molecule has 1 aromatic heterocycles. The van der Waals surface area contributed by atoms with Crippen molar-refractivity contribution in [2.24, 2.45) is 0 Å². The number of alkyl halides is 3. The van der Waals surface area contributed by atoms with E-state index in [-0.39, 0.29) is 42.2 Å². The molecule has 2 heterocycles. The van der Waals surface area contributed by atoms with Crippen molar-refractivity contribution < 1.29 is 32.2 Å². The Labute approximate surface area is 209 Å². The van der Waals surface area contributed by atoms with Crippen LogP contribution in [0.15, 0.2) is 66.7 Å². The van der Waals surface area contributed by atoms with E-state index < -0.39 is 23.6 Å². The molecule has 3 aromatic carbocycles. The van der Waals surface area contributed by atoms with Gasteiger partial charge in [-0.1, -0.05) is 30.3 Å². The highest BCUT2D eigenvalue weighted by Crippen LogP contribution is 2.38. The van der Waals surface area contributed by atoms with Gasteiger partial charge in [-0.3, -0.25) is 4.79 Å². The van der Waals surface area contributed by atoms with Crippen LogP contribution in [0.3, 0.4) is 0 Å². The highest BCUT2D eigenvalue weighted by atomic mass is 19.4. The molecule has 0 fully saturated rings. The number of benzene rings is 3. The molecule has 1 aliphatic rings. The Hall–Kier alpha value is -4.18. The Morgan fingerprint density at radius 1 is 1.05 bits per heavy atom. The first kappa shape index (κ1) is 24.5. The Balaban J connectivity index is 1.57. The van der Waals surface area contributed by atoms with Crippen LogP contribution in [0.5, 0.6) is 5.75 Å². The molecule has 5 rings (SSSR count). The van der Waals surface area contributed by atoms with Gasteiger partial charge in [0.1, 0.15) is 17.3 Å². The second-order valence-corrected chi connectivity index (χ2v) is 8.47. The number of amides is 1. The number of fused-ring (bicyclic) bond motifs is 1. The summed E-state index contributed by atoms with van der Waals surface area (Å²) in [5.74, 6) is -1.02. The van der Waals surface area contributed by atoms with E-state index in [2.05, 4.69) is 5.10 Å². The molecule has 0 bridgehead atoms. The first-order valence-electron chi connectivity index (χ1n) is 11.4. The number of aliphatic hydroxyl groups is 1. The van der Waals surface area contributed by atoms with Gasteiger partial charge in [-0.25, -0.2) is 9.07 Å². The fraction of sp³-hybridized carbons (Fsp3) is 0.185. The van der Waals surface area contributed by atoms with Crippen LogP contribution < -0.4 is 9.64 Å². The van der Waals surface area contributed by atoms with Gasteiger partial charge in [-0.05, 0) is 59.5 Å². The lowest BCUT2D eigenvalue weighted by Crippen LogP contribution is -2.39. The van der Waals surface area contributed by atoms with Crippen LogP contribution >= 0.6 is 0 Å². The standard InChI is InChI=1S/C27H21F4N3O3/c1-37-19-9-7-18(8-10-19)34-24-21(25(32-34)27(29,30)31)12-13-33(26(24)36)23-11-6-16(14-22(23)28)20-5-3-2-4-17(20)15-35/h2-11,14,35H,12-13,15H2,1H3. The molecule has 37 heavy (non-hydrogen) atoms. The summed E-state index contributed by atoms with van der Waals surface area (Å²) in [4.78, 5) is 14.7. The van der Waals surface area contributed by atoms with Gasteiger partial charge in [0.15, 0.2) is 5.69 Å². The van der Waals surface area contributed by atoms with Crippen molar-refractivity contribution in [2.75, 3.05) is 18.6 Å². The summed E-state index contributed by atoms with van der Waals surface area (Å²) in [6.45, 7) is -0.378. The average Bonchev–Trinajstić information content (AvgIpc) is 3.30. The molecule has 0 saturated carbocycles. The fourth-order valence-electron chi connectivity index (χ4n) is 4.56. The van der Waals surface area contributed by atoms with Crippen LogP contribution in [0.4, 0.5) is 23.2 Å². The van der Waals surface area contributed by atoms with Gasteiger partial charge >= 0.3 is 6.18 Å². The highest BCUT2D eigenvalue weighted by molar-refractivity contribution is 6.07. The Morgan fingerprint density at radius 3 is 2.43 bits per heavy atom. The number of halogens is 4. The summed E-state index contributed by atoms with van der Waals surface area (Å²) in [6.07, 6.45) is -4.92. The molecule has 190 valence electrons. The molecule has 0 aliphatic carbocycles. The van der Waals surface area contributed by atoms with Crippen molar-refractivity contribution in [3.05, 3.63) is 95.1 Å². The minimum absolute atomic E-state index is 0.0584. The van der Waals surface area contributed by atoms with Crippen molar-refractivity contribution in [3.8, 4) is 22.6 Å². The number of methoxy groups -OCH3 is 1. The molecule has 0 unspecified atom stereocenters. The van der Waals surface area contributed by atoms with Crippen molar-refractivity contribution in [1.82, 2.24) is 9.78 Å². The van der Waals surface area contributed by atoms with Crippen LogP contribution in [0.2, 0.25) is 0 Å². The van der Waals surface area contributed by atoms with Crippen molar-refractivity contribution >= 4 is 11.6 Å². The number of hydrogen-bond donors (Lipinski definition) is 1. The van der Waals surface area contributed by atoms with Gasteiger partial charge in [0, 0.05) is 12.1 Å². The molecule has 1 amide bonds. The summed E-state index contributed by atoms with van der Waals surface area (Å²) in [7, 11) is 1.45. The largest absolute Gasteiger partial charge is 0.497 e. The van der Waals surface area contributed by atoms with Crippen molar-refractivity contribution in [3.63, 3.8) is 0 Å². The predicted octanol–water partition coefficient (Wildman–Crippen LogP) is 5.40. The molecule has 1 N–H and O–H groups in total. The number of nitrogens with zero attached hydrogens (tertiary/aromatic N) is 3. The molecule has 0 spiro atoms. The molecule has 6 nitrogen and oxygen atoms in total. The lowest BCUT2D eigenvalue weighted by atomic mass is 9.98. The topological polar surface area (TPSA) is 67.6 Å². The van der Waals surface area contributed by atoms with E-state index in [4.69, 9.17) is 4.74 Å². The first-order valence-corrected chi connectivity index (χ1v) is 11.4. The Bertz CT molecular complexity index is 1480. The number of hydrogen-bond acceptors (Lipinski definition) is 4. The molecule has 1 aliphatic heterocycles. The smallest absolute Gasteiger partial charge is 0.435 e. The van der Waals surface area contributed by atoms with E-state index in [1.165, 1.54) is 31.4 Å². The first-order chi connectivity index (χ1) is 17.7. The van der Waals surface area contributed by atoms with Crippen LogP contribution in [0, 0.1) is 5.82 Å². The minimum atomic E-state index is -4.77. The summed E-state index contributed by atoms with van der Waals surface area (Å²) >= 11 is 0. The second-order valence-electron chi connectivity index (χ2n) is 8.47. The second kappa shape index (κ2) is 9.36. The number of carbonyl (C=O) groups is 1. The van der Waals surface area contributed by atoms with Gasteiger partial charge in [-0.2, -0.15) is 18.3 Å². The molecular weight excluding hydrogens is 490 g/mol. The Morgan fingerprint density at radius 2 is 1.78 bits per heavy atom. The third-order valence-electron chi connectivity index (χ3n) is 6.34. The van der Waals surface area contributed by atoms with E-state index in [0.29, 0.717) is 22.4 Å². The lowest BCUT2D eigenvalue weighted by Gasteiger charge is -2.28. The summed E-state index contributed by atoms with van der Waals surface area (Å²) < 4.78 is 62.8. The van der Waals surface area contributed by atoms with E-state index in [9.17, 15) is 23.1 Å². The van der Waals surface area contributed by atoms with Crippen LogP contribution in [0.1, 0.15) is 27.3 Å². The zero-order valence-corrected chi connectivity index (χ0v) is 19.6. The van der Waals surface area contributed by atoms with Gasteiger partial charge < -0.3 is 14.7 Å². The van der Waals surface area contributed by atoms with Crippen molar-refractivity contribution in [1.29, 1.82) is 0 Å². The van der Waals surface area contributed by atoms with Crippen molar-refractivity contribution in [2.45, 2.75) is 19.2 Å². The molecule has 0 radical (unpaired) electrons. The molecule has 10 heteroatoms. The lowest BCUT2D eigenvalue weighted by molar-refractivity contribution is -0.141. The maximum atomic E-state index is 15.3. The minimum Gasteiger partial charge on any atom is -0.497 e. The van der Waals surface area contributed by atoms with E-state index in [1.807, 2.05) is 0 Å². The third-order valence-corrected chi connectivity index (χ3v) is 6.34. The molecular formula is C27H21F4N3O3. The van der Waals surface area contributed by atoms with Crippen LogP contribution in [-0.2, 0) is 19.2 Å². The molecule has 4 aromatic rings. The molecule has 0 atom stereocenters. The summed E-state index contributed by atoms with van der Waals surface area (Å²) in [5, 5.41) is 13.4. The SMILES string of the molecule is COc1ccc(-n2nc(C(F)(F)F)c3c2C(=O)N(c2ccc(-c4ccccc4CO)cc2F)CC3)cc1. The van der Waals surface area contributed by atoms with Gasteiger partial charge in [0.05, 0.1) is 25.1 Å². The normalized spacial score (nSPS) is 13.6. The molecule has 0 saturated heterocycles. The quantitative estimate of drug-likeness (QED) is 0.365. The van der Waals surface area contributed by atoms with Gasteiger partial charge in [-0.15, -0.1) is 0 Å². The number of anilines is 1. The number of rotatable bonds is 5. The predicted molar refractivity (Wildman–Crippen MR) is 128 cm³/mol. The number of ether oxygens (including phenoxy) is 1. The maximum Gasteiger partial charge on any atom is 0.435 e.